The smallest absolute Gasteiger partial charge is 0.344 e. The van der Waals surface area contributed by atoms with Gasteiger partial charge < -0.3 is 28.4 Å². The van der Waals surface area contributed by atoms with Gasteiger partial charge in [0.25, 0.3) is 0 Å². The highest BCUT2D eigenvalue weighted by atomic mass is 127. The van der Waals surface area contributed by atoms with Crippen molar-refractivity contribution in [1.82, 2.24) is 0 Å². The normalized spacial score (nSPS) is 16.0. The lowest BCUT2D eigenvalue weighted by molar-refractivity contribution is -0.164. The Labute approximate surface area is 390 Å². The molecule has 2 aliphatic carbocycles. The lowest BCUT2D eigenvalue weighted by atomic mass is 9.86. The quantitative estimate of drug-likeness (QED) is 0.0810. The van der Waals surface area contributed by atoms with Crippen LogP contribution in [0.5, 0.6) is 23.0 Å². The van der Waals surface area contributed by atoms with E-state index in [1.54, 1.807) is 0 Å². The van der Waals surface area contributed by atoms with E-state index in [-0.39, 0.29) is 25.2 Å². The minimum absolute atomic E-state index is 0.137. The Bertz CT molecular complexity index is 1850. The first-order chi connectivity index (χ1) is 27.3. The molecule has 4 aromatic carbocycles. The van der Waals surface area contributed by atoms with E-state index in [0.717, 1.165) is 106 Å². The fourth-order valence-corrected chi connectivity index (χ4v) is 11.6. The van der Waals surface area contributed by atoms with Gasteiger partial charge in [-0.2, -0.15) is 0 Å². The van der Waals surface area contributed by atoms with Gasteiger partial charge in [-0.05, 0) is 222 Å². The third-order valence-electron chi connectivity index (χ3n) is 10.4. The second-order valence-electron chi connectivity index (χ2n) is 15.3. The molecule has 6 rings (SSSR count). The van der Waals surface area contributed by atoms with Crippen LogP contribution >= 0.6 is 90.4 Å². The van der Waals surface area contributed by atoms with E-state index in [0.29, 0.717) is 24.7 Å². The molecular weight excluding hydrogens is 1180 g/mol. The first-order valence-corrected chi connectivity index (χ1v) is 23.8. The standard InChI is InChI=1S/C45H48I4O8/c1-44(17-5-3-6-18-44)56-40(50)28-54-42-32(22-34(46)24-38(42)48)26-52-36-13-9-30(10-14-36)21-31-11-15-37(16-12-31)53-27-33-23-35(47)25-39(49)43(33)55-29-41(51)57-45(2)19-7-4-8-20-45/h9-16,22-25H,3-8,17-21,26-29H2,1-2H3. The largest absolute Gasteiger partial charge is 0.489 e. The lowest BCUT2D eigenvalue weighted by Gasteiger charge is -2.33. The van der Waals surface area contributed by atoms with Gasteiger partial charge in [0.05, 0.1) is 7.14 Å². The summed E-state index contributed by atoms with van der Waals surface area (Å²) in [5.41, 5.74) is 3.26. The number of carbonyl (C=O) groups is 2. The summed E-state index contributed by atoms with van der Waals surface area (Å²) in [6, 6.07) is 24.3. The number of hydrogen-bond donors (Lipinski definition) is 0. The Morgan fingerprint density at radius 2 is 0.895 bits per heavy atom. The van der Waals surface area contributed by atoms with Gasteiger partial charge in [0, 0.05) is 18.3 Å². The predicted octanol–water partition coefficient (Wildman–Crippen LogP) is 12.1. The number of halogens is 4. The zero-order chi connectivity index (χ0) is 40.4. The van der Waals surface area contributed by atoms with Crippen molar-refractivity contribution in [2.24, 2.45) is 0 Å². The van der Waals surface area contributed by atoms with Gasteiger partial charge in [0.1, 0.15) is 47.4 Å². The van der Waals surface area contributed by atoms with Crippen molar-refractivity contribution in [3.8, 4) is 23.0 Å². The average Bonchev–Trinajstić information content (AvgIpc) is 3.16. The Balaban J connectivity index is 0.990. The van der Waals surface area contributed by atoms with Crippen LogP contribution in [0.2, 0.25) is 0 Å². The highest BCUT2D eigenvalue weighted by Crippen LogP contribution is 2.35. The Hall–Kier alpha value is -2.06. The molecule has 0 unspecified atom stereocenters. The van der Waals surface area contributed by atoms with E-state index in [9.17, 15) is 9.59 Å². The third kappa shape index (κ3) is 13.5. The maximum atomic E-state index is 12.7. The lowest BCUT2D eigenvalue weighted by Crippen LogP contribution is -2.35. The summed E-state index contributed by atoms with van der Waals surface area (Å²) >= 11 is 9.06. The van der Waals surface area contributed by atoms with Crippen LogP contribution in [0, 0.1) is 14.3 Å². The molecule has 0 aliphatic heterocycles. The van der Waals surface area contributed by atoms with E-state index in [2.05, 4.69) is 115 Å². The molecule has 2 saturated carbocycles. The number of carbonyl (C=O) groups excluding carboxylic acids is 2. The molecule has 2 aliphatic rings. The molecule has 0 bridgehead atoms. The zero-order valence-corrected chi connectivity index (χ0v) is 40.9. The van der Waals surface area contributed by atoms with Crippen LogP contribution < -0.4 is 18.9 Å². The van der Waals surface area contributed by atoms with Gasteiger partial charge in [-0.3, -0.25) is 0 Å². The predicted molar refractivity (Wildman–Crippen MR) is 254 cm³/mol. The first kappa shape index (κ1) is 44.5. The second kappa shape index (κ2) is 21.0. The van der Waals surface area contributed by atoms with Crippen molar-refractivity contribution in [1.29, 1.82) is 0 Å². The number of esters is 2. The van der Waals surface area contributed by atoms with Crippen LogP contribution in [0.25, 0.3) is 0 Å². The molecule has 0 radical (unpaired) electrons. The average molecular weight is 1220 g/mol. The molecule has 0 spiro atoms. The molecule has 0 atom stereocenters. The summed E-state index contributed by atoms with van der Waals surface area (Å²) < 4.78 is 40.2. The highest BCUT2D eigenvalue weighted by Gasteiger charge is 2.32. The number of benzene rings is 4. The van der Waals surface area contributed by atoms with Crippen molar-refractivity contribution in [2.75, 3.05) is 13.2 Å². The molecule has 304 valence electrons. The van der Waals surface area contributed by atoms with Gasteiger partial charge in [0.2, 0.25) is 0 Å². The molecule has 8 nitrogen and oxygen atoms in total. The Morgan fingerprint density at radius 3 is 1.26 bits per heavy atom. The minimum atomic E-state index is -0.399. The molecule has 0 amide bonds. The van der Waals surface area contributed by atoms with Gasteiger partial charge in [-0.1, -0.05) is 37.1 Å². The molecule has 0 heterocycles. The van der Waals surface area contributed by atoms with Crippen molar-refractivity contribution in [3.63, 3.8) is 0 Å². The Kier molecular flexibility index (Phi) is 16.4. The summed E-state index contributed by atoms with van der Waals surface area (Å²) in [5, 5.41) is 0. The summed E-state index contributed by atoms with van der Waals surface area (Å²) in [5.74, 6) is 2.11. The molecule has 57 heavy (non-hydrogen) atoms. The molecule has 0 aromatic heterocycles. The monoisotopic (exact) mass is 1220 g/mol. The molecule has 4 aromatic rings. The second-order valence-corrected chi connectivity index (χ2v) is 20.2. The van der Waals surface area contributed by atoms with Gasteiger partial charge in [-0.25, -0.2) is 9.59 Å². The SMILES string of the molecule is CC1(OC(=O)COc2c(I)cc(I)cc2COc2ccc(Cc3ccc(OCc4cc(I)cc(I)c4OCC(=O)OC4(C)CCCCC4)cc3)cc2)CCCCC1. The van der Waals surface area contributed by atoms with E-state index in [1.807, 2.05) is 62.4 Å². The van der Waals surface area contributed by atoms with E-state index in [1.165, 1.54) is 12.8 Å². The Morgan fingerprint density at radius 1 is 0.526 bits per heavy atom. The third-order valence-corrected chi connectivity index (χ3v) is 13.3. The first-order valence-electron chi connectivity index (χ1n) is 19.4. The zero-order valence-electron chi connectivity index (χ0n) is 32.3. The van der Waals surface area contributed by atoms with Crippen LogP contribution in [-0.4, -0.2) is 36.4 Å². The number of rotatable bonds is 16. The molecule has 0 N–H and O–H groups in total. The fraction of sp³-hybridized carbons (Fsp3) is 0.422. The molecular formula is C45H48I4O8. The van der Waals surface area contributed by atoms with E-state index >= 15 is 0 Å². The van der Waals surface area contributed by atoms with Crippen molar-refractivity contribution >= 4 is 102 Å². The maximum Gasteiger partial charge on any atom is 0.344 e. The number of hydrogen-bond acceptors (Lipinski definition) is 8. The van der Waals surface area contributed by atoms with Crippen molar-refractivity contribution in [2.45, 2.75) is 109 Å². The van der Waals surface area contributed by atoms with Gasteiger partial charge in [-0.15, -0.1) is 0 Å². The van der Waals surface area contributed by atoms with Crippen molar-refractivity contribution in [3.05, 3.63) is 109 Å². The summed E-state index contributed by atoms with van der Waals surface area (Å²) in [7, 11) is 0. The molecule has 0 saturated heterocycles. The van der Waals surface area contributed by atoms with E-state index in [4.69, 9.17) is 28.4 Å². The fourth-order valence-electron chi connectivity index (χ4n) is 7.40. The number of ether oxygens (including phenoxy) is 6. The van der Waals surface area contributed by atoms with Crippen LogP contribution in [-0.2, 0) is 38.7 Å². The topological polar surface area (TPSA) is 89.5 Å². The van der Waals surface area contributed by atoms with Crippen molar-refractivity contribution < 1.29 is 38.0 Å². The van der Waals surface area contributed by atoms with Crippen LogP contribution in [0.3, 0.4) is 0 Å². The highest BCUT2D eigenvalue weighted by molar-refractivity contribution is 14.1. The van der Waals surface area contributed by atoms with Crippen LogP contribution in [0.1, 0.15) is 100 Å². The maximum absolute atomic E-state index is 12.7. The van der Waals surface area contributed by atoms with Crippen LogP contribution in [0.15, 0.2) is 72.8 Å². The molecule has 12 heteroatoms. The summed E-state index contributed by atoms with van der Waals surface area (Å²) in [4.78, 5) is 25.5. The van der Waals surface area contributed by atoms with Gasteiger partial charge >= 0.3 is 11.9 Å². The summed E-state index contributed by atoms with van der Waals surface area (Å²) in [6.07, 6.45) is 11.1. The molecule has 2 fully saturated rings. The minimum Gasteiger partial charge on any atom is -0.489 e. The van der Waals surface area contributed by atoms with Gasteiger partial charge in [0.15, 0.2) is 13.2 Å². The summed E-state index contributed by atoms with van der Waals surface area (Å²) in [6.45, 7) is 4.38. The van der Waals surface area contributed by atoms with Crippen LogP contribution in [0.4, 0.5) is 0 Å². The van der Waals surface area contributed by atoms with E-state index < -0.39 is 11.2 Å².